The molecule has 0 aliphatic carbocycles. The molecule has 0 aliphatic rings. The summed E-state index contributed by atoms with van der Waals surface area (Å²) in [5.41, 5.74) is 4.54. The van der Waals surface area contributed by atoms with Crippen LogP contribution in [0.25, 0.3) is 10.9 Å². The van der Waals surface area contributed by atoms with Gasteiger partial charge in [-0.25, -0.2) is 0 Å². The van der Waals surface area contributed by atoms with Gasteiger partial charge in [0.05, 0.1) is 12.1 Å². The minimum atomic E-state index is -0.319. The monoisotopic (exact) mass is 403 g/mol. The molecule has 0 fully saturated rings. The largest absolute Gasteiger partial charge is 0.361 e. The lowest BCUT2D eigenvalue weighted by Crippen LogP contribution is -2.46. The lowest BCUT2D eigenvalue weighted by atomic mass is 10.0. The Labute approximate surface area is 175 Å². The Morgan fingerprint density at radius 2 is 1.86 bits per heavy atom. The van der Waals surface area contributed by atoms with Crippen molar-refractivity contribution >= 4 is 28.1 Å². The van der Waals surface area contributed by atoms with Crippen LogP contribution < -0.4 is 10.6 Å². The Bertz CT molecular complexity index is 1060. The minimum Gasteiger partial charge on any atom is -0.361 e. The topological polar surface area (TPSA) is 56.9 Å². The summed E-state index contributed by atoms with van der Waals surface area (Å²) in [6.07, 6.45) is 2.64. The molecule has 0 saturated heterocycles. The molecule has 29 heavy (non-hydrogen) atoms. The number of rotatable bonds is 8. The fourth-order valence-electron chi connectivity index (χ4n) is 3.55. The summed E-state index contributed by atoms with van der Waals surface area (Å²) in [5.74, 6) is 0.0156. The standard InChI is InChI=1S/C24H25N3OS/c1-17(19-7-3-2-4-8-19)27-24(28)23(25-14-18-11-12-29-16-18)13-20-15-26-22-10-6-5-9-21(20)22/h2-12,15-17,23,25-26H,13-14H2,1H3,(H,27,28). The third-order valence-electron chi connectivity index (χ3n) is 5.21. The van der Waals surface area contributed by atoms with E-state index < -0.39 is 0 Å². The van der Waals surface area contributed by atoms with Crippen LogP contribution in [0.3, 0.4) is 0 Å². The SMILES string of the molecule is CC(NC(=O)C(Cc1c[nH]c2ccccc12)NCc1ccsc1)c1ccccc1. The molecule has 2 atom stereocenters. The second-order valence-corrected chi connectivity index (χ2v) is 8.05. The molecule has 4 rings (SSSR count). The zero-order valence-electron chi connectivity index (χ0n) is 16.4. The molecule has 2 aromatic heterocycles. The van der Waals surface area contributed by atoms with Crippen LogP contribution in [-0.2, 0) is 17.8 Å². The van der Waals surface area contributed by atoms with Crippen molar-refractivity contribution in [1.82, 2.24) is 15.6 Å². The van der Waals surface area contributed by atoms with E-state index in [-0.39, 0.29) is 18.0 Å². The van der Waals surface area contributed by atoms with E-state index in [1.807, 2.05) is 55.6 Å². The van der Waals surface area contributed by atoms with Gasteiger partial charge >= 0.3 is 0 Å². The molecule has 148 valence electrons. The van der Waals surface area contributed by atoms with E-state index in [4.69, 9.17) is 0 Å². The van der Waals surface area contributed by atoms with Crippen molar-refractivity contribution in [1.29, 1.82) is 0 Å². The van der Waals surface area contributed by atoms with E-state index in [9.17, 15) is 4.79 Å². The third kappa shape index (κ3) is 4.75. The number of hydrogen-bond donors (Lipinski definition) is 3. The Kier molecular flexibility index (Phi) is 6.08. The van der Waals surface area contributed by atoms with Crippen LogP contribution >= 0.6 is 11.3 Å². The number of aromatic amines is 1. The number of aromatic nitrogens is 1. The Morgan fingerprint density at radius 3 is 2.66 bits per heavy atom. The Balaban J connectivity index is 1.51. The molecule has 2 heterocycles. The van der Waals surface area contributed by atoms with Crippen molar-refractivity contribution in [2.45, 2.75) is 32.0 Å². The predicted octanol–water partition coefficient (Wildman–Crippen LogP) is 4.81. The average molecular weight is 404 g/mol. The number of nitrogens with one attached hydrogen (secondary N) is 3. The molecule has 0 saturated carbocycles. The number of para-hydroxylation sites is 1. The zero-order chi connectivity index (χ0) is 20.1. The Hall–Kier alpha value is -2.89. The molecule has 0 bridgehead atoms. The summed E-state index contributed by atoms with van der Waals surface area (Å²) in [4.78, 5) is 16.5. The van der Waals surface area contributed by atoms with Crippen molar-refractivity contribution in [2.24, 2.45) is 0 Å². The van der Waals surface area contributed by atoms with Crippen molar-refractivity contribution in [3.8, 4) is 0 Å². The second kappa shape index (κ2) is 9.07. The van der Waals surface area contributed by atoms with Crippen molar-refractivity contribution in [3.63, 3.8) is 0 Å². The van der Waals surface area contributed by atoms with E-state index in [0.29, 0.717) is 13.0 Å². The fourth-order valence-corrected chi connectivity index (χ4v) is 4.22. The highest BCUT2D eigenvalue weighted by Crippen LogP contribution is 2.20. The van der Waals surface area contributed by atoms with E-state index >= 15 is 0 Å². The number of benzene rings is 2. The van der Waals surface area contributed by atoms with Gasteiger partial charge in [0.1, 0.15) is 0 Å². The van der Waals surface area contributed by atoms with Crippen LogP contribution in [0.1, 0.15) is 29.7 Å². The maximum absolute atomic E-state index is 13.2. The van der Waals surface area contributed by atoms with E-state index in [1.54, 1.807) is 11.3 Å². The van der Waals surface area contributed by atoms with E-state index in [0.717, 1.165) is 16.6 Å². The van der Waals surface area contributed by atoms with Gasteiger partial charge in [0.2, 0.25) is 5.91 Å². The third-order valence-corrected chi connectivity index (χ3v) is 5.94. The number of fused-ring (bicyclic) bond motifs is 1. The van der Waals surface area contributed by atoms with Crippen molar-refractivity contribution in [2.75, 3.05) is 0 Å². The average Bonchev–Trinajstić information content (AvgIpc) is 3.41. The first-order valence-electron chi connectivity index (χ1n) is 9.85. The number of carbonyl (C=O) groups is 1. The van der Waals surface area contributed by atoms with Crippen LogP contribution in [-0.4, -0.2) is 16.9 Å². The molecule has 4 aromatic rings. The maximum Gasteiger partial charge on any atom is 0.237 e. The summed E-state index contributed by atoms with van der Waals surface area (Å²) >= 11 is 1.67. The number of hydrogen-bond acceptors (Lipinski definition) is 3. The van der Waals surface area contributed by atoms with Gasteiger partial charge in [-0.1, -0.05) is 48.5 Å². The first-order chi connectivity index (χ1) is 14.2. The van der Waals surface area contributed by atoms with Gasteiger partial charge in [-0.3, -0.25) is 4.79 Å². The fraction of sp³-hybridized carbons (Fsp3) is 0.208. The van der Waals surface area contributed by atoms with E-state index in [1.165, 1.54) is 10.9 Å². The molecule has 1 amide bonds. The quantitative estimate of drug-likeness (QED) is 0.395. The van der Waals surface area contributed by atoms with Gasteiger partial charge in [0, 0.05) is 23.6 Å². The normalized spacial score (nSPS) is 13.3. The maximum atomic E-state index is 13.2. The van der Waals surface area contributed by atoms with Crippen LogP contribution in [0.4, 0.5) is 0 Å². The second-order valence-electron chi connectivity index (χ2n) is 7.27. The summed E-state index contributed by atoms with van der Waals surface area (Å²) in [7, 11) is 0. The molecular formula is C24H25N3OS. The number of H-pyrrole nitrogens is 1. The van der Waals surface area contributed by atoms with Gasteiger partial charge in [0.25, 0.3) is 0 Å². The molecule has 3 N–H and O–H groups in total. The molecular weight excluding hydrogens is 378 g/mol. The Morgan fingerprint density at radius 1 is 1.07 bits per heavy atom. The summed E-state index contributed by atoms with van der Waals surface area (Å²) < 4.78 is 0. The lowest BCUT2D eigenvalue weighted by Gasteiger charge is -2.21. The zero-order valence-corrected chi connectivity index (χ0v) is 17.2. The molecule has 0 aliphatic heterocycles. The van der Waals surface area contributed by atoms with Gasteiger partial charge in [0.15, 0.2) is 0 Å². The molecule has 2 unspecified atom stereocenters. The van der Waals surface area contributed by atoms with Crippen molar-refractivity contribution in [3.05, 3.63) is 94.3 Å². The smallest absolute Gasteiger partial charge is 0.237 e. The van der Waals surface area contributed by atoms with Crippen LogP contribution in [0.5, 0.6) is 0 Å². The van der Waals surface area contributed by atoms with Gasteiger partial charge in [-0.05, 0) is 52.9 Å². The number of thiophene rings is 1. The highest BCUT2D eigenvalue weighted by molar-refractivity contribution is 7.07. The summed E-state index contributed by atoms with van der Waals surface area (Å²) in [6, 6.07) is 20.0. The molecule has 0 radical (unpaired) electrons. The van der Waals surface area contributed by atoms with Gasteiger partial charge < -0.3 is 15.6 Å². The molecule has 5 heteroatoms. The molecule has 0 spiro atoms. The van der Waals surface area contributed by atoms with Crippen LogP contribution in [0.2, 0.25) is 0 Å². The molecule has 4 nitrogen and oxygen atoms in total. The minimum absolute atomic E-state index is 0.0156. The highest BCUT2D eigenvalue weighted by atomic mass is 32.1. The van der Waals surface area contributed by atoms with Gasteiger partial charge in [-0.15, -0.1) is 0 Å². The van der Waals surface area contributed by atoms with Gasteiger partial charge in [-0.2, -0.15) is 11.3 Å². The van der Waals surface area contributed by atoms with E-state index in [2.05, 4.69) is 44.6 Å². The first kappa shape index (κ1) is 19.4. The summed E-state index contributed by atoms with van der Waals surface area (Å²) in [5, 5.41) is 12.0. The predicted molar refractivity (Wildman–Crippen MR) is 120 cm³/mol. The number of amides is 1. The van der Waals surface area contributed by atoms with Crippen LogP contribution in [0, 0.1) is 0 Å². The highest BCUT2D eigenvalue weighted by Gasteiger charge is 2.22. The number of carbonyl (C=O) groups excluding carboxylic acids is 1. The van der Waals surface area contributed by atoms with Crippen LogP contribution in [0.15, 0.2) is 77.6 Å². The lowest BCUT2D eigenvalue weighted by molar-refractivity contribution is -0.123. The van der Waals surface area contributed by atoms with Crippen molar-refractivity contribution < 1.29 is 4.79 Å². The first-order valence-corrected chi connectivity index (χ1v) is 10.8. The molecule has 2 aromatic carbocycles. The summed E-state index contributed by atoms with van der Waals surface area (Å²) in [6.45, 7) is 2.69.